The summed E-state index contributed by atoms with van der Waals surface area (Å²) in [5.41, 5.74) is 11.1. The van der Waals surface area contributed by atoms with Crippen LogP contribution in [0.5, 0.6) is 11.5 Å². The van der Waals surface area contributed by atoms with Gasteiger partial charge in [-0.25, -0.2) is 0 Å². The molecule has 0 radical (unpaired) electrons. The van der Waals surface area contributed by atoms with E-state index in [1.54, 1.807) is 18.2 Å². The van der Waals surface area contributed by atoms with Crippen LogP contribution in [0.25, 0.3) is 6.08 Å². The second-order valence-corrected chi connectivity index (χ2v) is 4.22. The van der Waals surface area contributed by atoms with Crippen molar-refractivity contribution in [2.75, 3.05) is 20.2 Å². The lowest BCUT2D eigenvalue weighted by molar-refractivity contribution is -0.116. The maximum absolute atomic E-state index is 11.6. The van der Waals surface area contributed by atoms with Gasteiger partial charge < -0.3 is 26.6 Å². The van der Waals surface area contributed by atoms with Crippen molar-refractivity contribution in [2.24, 2.45) is 16.5 Å². The minimum absolute atomic E-state index is 0.0440. The number of nitrogens with one attached hydrogen (secondary N) is 1. The highest BCUT2D eigenvalue weighted by Gasteiger charge is 2.01. The molecule has 0 atom stereocenters. The summed E-state index contributed by atoms with van der Waals surface area (Å²) in [6, 6.07) is 4.82. The van der Waals surface area contributed by atoms with Crippen molar-refractivity contribution >= 4 is 17.9 Å². The number of hydrogen-bond acceptors (Lipinski definition) is 4. The Kier molecular flexibility index (Phi) is 6.59. The molecule has 21 heavy (non-hydrogen) atoms. The molecule has 7 heteroatoms. The lowest BCUT2D eigenvalue weighted by Crippen LogP contribution is -2.25. The number of nitrogens with zero attached hydrogens (tertiary/aromatic N) is 1. The number of hydrogen-bond donors (Lipinski definition) is 4. The molecule has 0 aromatic heterocycles. The van der Waals surface area contributed by atoms with Crippen LogP contribution in [0.2, 0.25) is 0 Å². The maximum Gasteiger partial charge on any atom is 0.244 e. The smallest absolute Gasteiger partial charge is 0.244 e. The van der Waals surface area contributed by atoms with E-state index >= 15 is 0 Å². The first-order valence-electron chi connectivity index (χ1n) is 6.41. The van der Waals surface area contributed by atoms with Crippen LogP contribution in [-0.4, -0.2) is 37.2 Å². The van der Waals surface area contributed by atoms with Crippen LogP contribution in [0, 0.1) is 0 Å². The van der Waals surface area contributed by atoms with Gasteiger partial charge in [-0.05, 0) is 30.2 Å². The summed E-state index contributed by atoms with van der Waals surface area (Å²) in [5, 5.41) is 12.2. The molecule has 0 bridgehead atoms. The van der Waals surface area contributed by atoms with E-state index in [2.05, 4.69) is 10.3 Å². The molecule has 0 saturated heterocycles. The number of carbonyl (C=O) groups excluding carboxylic acids is 1. The molecule has 114 valence electrons. The molecule has 1 aromatic rings. The van der Waals surface area contributed by atoms with Crippen molar-refractivity contribution in [3.63, 3.8) is 0 Å². The molecule has 0 aliphatic rings. The largest absolute Gasteiger partial charge is 0.504 e. The number of benzene rings is 1. The highest BCUT2D eigenvalue weighted by atomic mass is 16.5. The molecule has 1 rings (SSSR count). The minimum Gasteiger partial charge on any atom is -0.504 e. The summed E-state index contributed by atoms with van der Waals surface area (Å²) in [4.78, 5) is 15.4. The number of nitrogens with two attached hydrogens (primary N) is 2. The van der Waals surface area contributed by atoms with Crippen molar-refractivity contribution < 1.29 is 14.6 Å². The fraction of sp³-hybridized carbons (Fsp3) is 0.286. The molecule has 0 aliphatic carbocycles. The Labute approximate surface area is 123 Å². The SMILES string of the molecule is COc1cc(/C=C/C(=O)NCCCN=C(N)N)ccc1O. The van der Waals surface area contributed by atoms with Gasteiger partial charge in [-0.2, -0.15) is 0 Å². The summed E-state index contributed by atoms with van der Waals surface area (Å²) in [6.07, 6.45) is 3.70. The molecule has 0 unspecified atom stereocenters. The van der Waals surface area contributed by atoms with Gasteiger partial charge in [-0.3, -0.25) is 9.79 Å². The van der Waals surface area contributed by atoms with Crippen LogP contribution in [0.15, 0.2) is 29.3 Å². The third-order valence-corrected chi connectivity index (χ3v) is 2.56. The van der Waals surface area contributed by atoms with Gasteiger partial charge in [0, 0.05) is 19.2 Å². The normalized spacial score (nSPS) is 10.3. The standard InChI is InChI=1S/C14H20N4O3/c1-21-12-9-10(3-5-11(12)19)4-6-13(20)17-7-2-8-18-14(15)16/h3-6,9,19H,2,7-8H2,1H3,(H,17,20)(H4,15,16,18)/b6-4+. The molecule has 0 fully saturated rings. The summed E-state index contributed by atoms with van der Waals surface area (Å²) < 4.78 is 4.99. The fourth-order valence-corrected chi connectivity index (χ4v) is 1.53. The average Bonchev–Trinajstić information content (AvgIpc) is 2.45. The van der Waals surface area contributed by atoms with Crippen LogP contribution in [-0.2, 0) is 4.79 Å². The number of rotatable bonds is 7. The number of guanidine groups is 1. The lowest BCUT2D eigenvalue weighted by Gasteiger charge is -2.04. The molecule has 0 spiro atoms. The molecular weight excluding hydrogens is 272 g/mol. The fourth-order valence-electron chi connectivity index (χ4n) is 1.53. The van der Waals surface area contributed by atoms with E-state index in [0.29, 0.717) is 25.3 Å². The molecule has 0 heterocycles. The van der Waals surface area contributed by atoms with E-state index in [1.807, 2.05) is 0 Å². The van der Waals surface area contributed by atoms with Crippen molar-refractivity contribution in [1.29, 1.82) is 0 Å². The van der Waals surface area contributed by atoms with Crippen molar-refractivity contribution in [3.05, 3.63) is 29.8 Å². The molecule has 0 aliphatic heterocycles. The van der Waals surface area contributed by atoms with Gasteiger partial charge in [-0.15, -0.1) is 0 Å². The van der Waals surface area contributed by atoms with Gasteiger partial charge >= 0.3 is 0 Å². The Balaban J connectivity index is 2.42. The van der Waals surface area contributed by atoms with Gasteiger partial charge in [0.1, 0.15) is 0 Å². The lowest BCUT2D eigenvalue weighted by atomic mass is 10.2. The second kappa shape index (κ2) is 8.47. The van der Waals surface area contributed by atoms with E-state index < -0.39 is 0 Å². The predicted molar refractivity (Wildman–Crippen MR) is 82.0 cm³/mol. The van der Waals surface area contributed by atoms with Crippen LogP contribution < -0.4 is 21.5 Å². The first-order chi connectivity index (χ1) is 10.0. The van der Waals surface area contributed by atoms with Crippen LogP contribution in [0.1, 0.15) is 12.0 Å². The Morgan fingerprint density at radius 2 is 2.24 bits per heavy atom. The Bertz CT molecular complexity index is 537. The summed E-state index contributed by atoms with van der Waals surface area (Å²) >= 11 is 0. The third kappa shape index (κ3) is 6.33. The number of ether oxygens (including phenoxy) is 1. The van der Waals surface area contributed by atoms with E-state index in [9.17, 15) is 9.90 Å². The first kappa shape index (κ1) is 16.4. The highest BCUT2D eigenvalue weighted by molar-refractivity contribution is 5.91. The summed E-state index contributed by atoms with van der Waals surface area (Å²) in [6.45, 7) is 0.959. The number of phenolic OH excluding ortho intramolecular Hbond substituents is 1. The van der Waals surface area contributed by atoms with Gasteiger partial charge in [0.25, 0.3) is 0 Å². The number of carbonyl (C=O) groups is 1. The maximum atomic E-state index is 11.6. The van der Waals surface area contributed by atoms with E-state index in [4.69, 9.17) is 16.2 Å². The van der Waals surface area contributed by atoms with Crippen molar-refractivity contribution in [3.8, 4) is 11.5 Å². The topological polar surface area (TPSA) is 123 Å². The first-order valence-corrected chi connectivity index (χ1v) is 6.41. The van der Waals surface area contributed by atoms with Crippen LogP contribution >= 0.6 is 0 Å². The summed E-state index contributed by atoms with van der Waals surface area (Å²) in [5.74, 6) is 0.239. The Morgan fingerprint density at radius 3 is 2.90 bits per heavy atom. The van der Waals surface area contributed by atoms with E-state index in [1.165, 1.54) is 19.3 Å². The van der Waals surface area contributed by atoms with Gasteiger partial charge in [0.2, 0.25) is 5.91 Å². The highest BCUT2D eigenvalue weighted by Crippen LogP contribution is 2.26. The van der Waals surface area contributed by atoms with E-state index in [-0.39, 0.29) is 17.6 Å². The quantitative estimate of drug-likeness (QED) is 0.247. The number of aromatic hydroxyl groups is 1. The zero-order valence-corrected chi connectivity index (χ0v) is 11.9. The van der Waals surface area contributed by atoms with Crippen LogP contribution in [0.4, 0.5) is 0 Å². The molecule has 1 aromatic carbocycles. The van der Waals surface area contributed by atoms with Crippen molar-refractivity contribution in [1.82, 2.24) is 5.32 Å². The molecular formula is C14H20N4O3. The average molecular weight is 292 g/mol. The Morgan fingerprint density at radius 1 is 1.48 bits per heavy atom. The Hall–Kier alpha value is -2.70. The second-order valence-electron chi connectivity index (χ2n) is 4.22. The van der Waals surface area contributed by atoms with Crippen molar-refractivity contribution in [2.45, 2.75) is 6.42 Å². The van der Waals surface area contributed by atoms with Crippen LogP contribution in [0.3, 0.4) is 0 Å². The number of methoxy groups -OCH3 is 1. The monoisotopic (exact) mass is 292 g/mol. The van der Waals surface area contributed by atoms with E-state index in [0.717, 1.165) is 5.56 Å². The van der Waals surface area contributed by atoms with Gasteiger partial charge in [0.05, 0.1) is 7.11 Å². The molecule has 7 nitrogen and oxygen atoms in total. The van der Waals surface area contributed by atoms with Gasteiger partial charge in [-0.1, -0.05) is 6.07 Å². The number of amides is 1. The zero-order valence-electron chi connectivity index (χ0n) is 11.9. The zero-order chi connectivity index (χ0) is 15.7. The molecule has 1 amide bonds. The third-order valence-electron chi connectivity index (χ3n) is 2.56. The summed E-state index contributed by atoms with van der Waals surface area (Å²) in [7, 11) is 1.46. The molecule has 6 N–H and O–H groups in total. The minimum atomic E-state index is -0.216. The molecule has 0 saturated carbocycles. The number of phenols is 1. The number of aliphatic imine (C=N–C) groups is 1. The predicted octanol–water partition coefficient (Wildman–Crippen LogP) is 0.194. The van der Waals surface area contributed by atoms with Gasteiger partial charge in [0.15, 0.2) is 17.5 Å².